The van der Waals surface area contributed by atoms with Crippen LogP contribution < -0.4 is 0 Å². The second-order valence-corrected chi connectivity index (χ2v) is 10.7. The fourth-order valence-electron chi connectivity index (χ4n) is 1.89. The normalized spacial score (nSPS) is 32.7. The summed E-state index contributed by atoms with van der Waals surface area (Å²) >= 11 is 3.28. The summed E-state index contributed by atoms with van der Waals surface area (Å²) in [6.45, 7) is 12.6. The van der Waals surface area contributed by atoms with Crippen molar-refractivity contribution in [1.29, 1.82) is 10.5 Å². The molecule has 0 aliphatic heterocycles. The van der Waals surface area contributed by atoms with Crippen molar-refractivity contribution >= 4 is 23.5 Å². The van der Waals surface area contributed by atoms with Gasteiger partial charge in [-0.2, -0.15) is 10.5 Å². The van der Waals surface area contributed by atoms with Crippen LogP contribution in [-0.4, -0.2) is 19.0 Å². The third kappa shape index (κ3) is 3.12. The van der Waals surface area contributed by atoms with Gasteiger partial charge in [-0.1, -0.05) is 41.5 Å². The molecule has 1 fully saturated rings. The summed E-state index contributed by atoms with van der Waals surface area (Å²) in [7, 11) is 0. The monoisotopic (exact) mass is 268 g/mol. The molecule has 17 heavy (non-hydrogen) atoms. The molecule has 1 saturated carbocycles. The van der Waals surface area contributed by atoms with Crippen LogP contribution in [-0.2, 0) is 0 Å². The van der Waals surface area contributed by atoms with Crippen LogP contribution in [0.25, 0.3) is 0 Å². The highest BCUT2D eigenvalue weighted by atomic mass is 32.2. The van der Waals surface area contributed by atoms with Gasteiger partial charge in [-0.3, -0.25) is 0 Å². The SMILES string of the molecule is CC(C)(C)S[C@]1(C#N)C[C@]1(C#N)SC(C)(C)C. The highest BCUT2D eigenvalue weighted by Crippen LogP contribution is 2.68. The molecule has 0 spiro atoms. The standard InChI is InChI=1S/C13H20N2S2/c1-10(2,3)16-12(8-14)7-13(12,9-15)17-11(4,5)6/h7H2,1-6H3/t12-,13+. The second-order valence-electron chi connectivity index (χ2n) is 6.48. The van der Waals surface area contributed by atoms with Gasteiger partial charge in [0.15, 0.2) is 0 Å². The van der Waals surface area contributed by atoms with Gasteiger partial charge in [0.05, 0.1) is 12.1 Å². The van der Waals surface area contributed by atoms with Gasteiger partial charge in [0.1, 0.15) is 9.49 Å². The van der Waals surface area contributed by atoms with E-state index in [1.807, 2.05) is 0 Å². The molecule has 94 valence electrons. The quantitative estimate of drug-likeness (QED) is 0.760. The van der Waals surface area contributed by atoms with Gasteiger partial charge in [-0.15, -0.1) is 23.5 Å². The summed E-state index contributed by atoms with van der Waals surface area (Å²) in [6, 6.07) is 4.79. The molecule has 0 saturated heterocycles. The van der Waals surface area contributed by atoms with Crippen molar-refractivity contribution in [3.63, 3.8) is 0 Å². The minimum absolute atomic E-state index is 0.00672. The Morgan fingerprint density at radius 3 is 1.29 bits per heavy atom. The summed E-state index contributed by atoms with van der Waals surface area (Å²) < 4.78 is -1.05. The number of nitriles is 2. The molecule has 0 aromatic carbocycles. The third-order valence-corrected chi connectivity index (χ3v) is 5.57. The summed E-state index contributed by atoms with van der Waals surface area (Å²) in [5.41, 5.74) is 0. The van der Waals surface area contributed by atoms with E-state index in [1.165, 1.54) is 0 Å². The maximum absolute atomic E-state index is 9.45. The maximum atomic E-state index is 9.45. The van der Waals surface area contributed by atoms with E-state index in [9.17, 15) is 10.5 Å². The first-order valence-electron chi connectivity index (χ1n) is 5.72. The Kier molecular flexibility index (Phi) is 3.56. The zero-order valence-electron chi connectivity index (χ0n) is 11.4. The Hall–Kier alpha value is -0.320. The zero-order chi connectivity index (χ0) is 13.5. The van der Waals surface area contributed by atoms with Crippen LogP contribution in [0, 0.1) is 22.7 Å². The highest BCUT2D eigenvalue weighted by Gasteiger charge is 2.72. The lowest BCUT2D eigenvalue weighted by molar-refractivity contribution is 0.787. The number of rotatable bonds is 2. The van der Waals surface area contributed by atoms with Gasteiger partial charge in [0.2, 0.25) is 0 Å². The molecule has 0 aromatic heterocycles. The van der Waals surface area contributed by atoms with Gasteiger partial charge in [0.25, 0.3) is 0 Å². The Balaban J connectivity index is 2.95. The molecule has 0 N–H and O–H groups in total. The molecule has 1 aliphatic carbocycles. The second kappa shape index (κ2) is 4.11. The fraction of sp³-hybridized carbons (Fsp3) is 0.846. The number of hydrogen-bond acceptors (Lipinski definition) is 4. The number of hydrogen-bond donors (Lipinski definition) is 0. The predicted molar refractivity (Wildman–Crippen MR) is 76.0 cm³/mol. The highest BCUT2D eigenvalue weighted by molar-refractivity contribution is 8.07. The van der Waals surface area contributed by atoms with Crippen molar-refractivity contribution in [3.05, 3.63) is 0 Å². The molecule has 0 heterocycles. The Bertz CT molecular complexity index is 354. The van der Waals surface area contributed by atoms with Crippen molar-refractivity contribution in [1.82, 2.24) is 0 Å². The van der Waals surface area contributed by atoms with Crippen LogP contribution in [0.4, 0.5) is 0 Å². The van der Waals surface area contributed by atoms with Crippen LogP contribution in [0.3, 0.4) is 0 Å². The zero-order valence-corrected chi connectivity index (χ0v) is 13.1. The molecule has 0 radical (unpaired) electrons. The van der Waals surface area contributed by atoms with Crippen molar-refractivity contribution < 1.29 is 0 Å². The average molecular weight is 268 g/mol. The van der Waals surface area contributed by atoms with Gasteiger partial charge < -0.3 is 0 Å². The lowest BCUT2D eigenvalue weighted by Crippen LogP contribution is -2.27. The van der Waals surface area contributed by atoms with Crippen LogP contribution in [0.2, 0.25) is 0 Å². The molecule has 2 atom stereocenters. The Morgan fingerprint density at radius 1 is 0.824 bits per heavy atom. The van der Waals surface area contributed by atoms with Gasteiger partial charge in [-0.25, -0.2) is 0 Å². The smallest absolute Gasteiger partial charge is 0.133 e. The maximum Gasteiger partial charge on any atom is 0.133 e. The van der Waals surface area contributed by atoms with Crippen molar-refractivity contribution in [3.8, 4) is 12.1 Å². The molecular formula is C13H20N2S2. The van der Waals surface area contributed by atoms with Crippen molar-refractivity contribution in [2.75, 3.05) is 0 Å². The van der Waals surface area contributed by atoms with E-state index in [2.05, 4.69) is 53.7 Å². The summed E-state index contributed by atoms with van der Waals surface area (Å²) in [5.74, 6) is 0. The fourth-order valence-corrected chi connectivity index (χ4v) is 5.42. The van der Waals surface area contributed by atoms with Crippen molar-refractivity contribution in [2.24, 2.45) is 0 Å². The van der Waals surface area contributed by atoms with E-state index < -0.39 is 9.49 Å². The molecule has 0 aromatic rings. The molecule has 0 unspecified atom stereocenters. The van der Waals surface area contributed by atoms with E-state index in [0.29, 0.717) is 6.42 Å². The van der Waals surface area contributed by atoms with Crippen molar-refractivity contribution in [2.45, 2.75) is 67.0 Å². The summed E-state index contributed by atoms with van der Waals surface area (Å²) in [5, 5.41) is 18.9. The first-order chi connectivity index (χ1) is 7.49. The first-order valence-corrected chi connectivity index (χ1v) is 7.35. The Morgan fingerprint density at radius 2 is 1.12 bits per heavy atom. The minimum atomic E-state index is -0.530. The van der Waals surface area contributed by atoms with E-state index in [1.54, 1.807) is 23.5 Å². The van der Waals surface area contributed by atoms with Gasteiger partial charge in [-0.05, 0) is 0 Å². The van der Waals surface area contributed by atoms with Gasteiger partial charge in [0, 0.05) is 15.9 Å². The summed E-state index contributed by atoms with van der Waals surface area (Å²) in [4.78, 5) is 0. The van der Waals surface area contributed by atoms with E-state index >= 15 is 0 Å². The molecule has 2 nitrogen and oxygen atoms in total. The molecular weight excluding hydrogens is 248 g/mol. The molecule has 0 amide bonds. The molecule has 1 aliphatic rings. The van der Waals surface area contributed by atoms with Crippen LogP contribution in [0.1, 0.15) is 48.0 Å². The van der Waals surface area contributed by atoms with Crippen LogP contribution in [0.15, 0.2) is 0 Å². The van der Waals surface area contributed by atoms with Crippen LogP contribution in [0.5, 0.6) is 0 Å². The van der Waals surface area contributed by atoms with E-state index in [4.69, 9.17) is 0 Å². The van der Waals surface area contributed by atoms with E-state index in [0.717, 1.165) is 0 Å². The number of thioether (sulfide) groups is 2. The van der Waals surface area contributed by atoms with Crippen LogP contribution >= 0.6 is 23.5 Å². The lowest BCUT2D eigenvalue weighted by Gasteiger charge is -2.27. The average Bonchev–Trinajstić information content (AvgIpc) is 2.68. The minimum Gasteiger partial charge on any atom is -0.197 e. The van der Waals surface area contributed by atoms with E-state index in [-0.39, 0.29) is 9.49 Å². The molecule has 0 bridgehead atoms. The largest absolute Gasteiger partial charge is 0.197 e. The molecule has 1 rings (SSSR count). The first kappa shape index (κ1) is 14.7. The topological polar surface area (TPSA) is 47.6 Å². The van der Waals surface area contributed by atoms with Gasteiger partial charge >= 0.3 is 0 Å². The predicted octanol–water partition coefficient (Wildman–Crippen LogP) is 3.98. The molecule has 4 heteroatoms. The number of nitrogens with zero attached hydrogens (tertiary/aromatic N) is 2. The lowest BCUT2D eigenvalue weighted by atomic mass is 10.2. The third-order valence-electron chi connectivity index (χ3n) is 2.35. The Labute approximate surface area is 113 Å². The summed E-state index contributed by atoms with van der Waals surface area (Å²) in [6.07, 6.45) is 0.677.